The fourth-order valence-corrected chi connectivity index (χ4v) is 2.19. The lowest BCUT2D eigenvalue weighted by Crippen LogP contribution is -2.26. The molecule has 1 atom stereocenters. The Balaban J connectivity index is 2.12. The number of hydrogen-bond donors (Lipinski definition) is 2. The Hall–Kier alpha value is -2.56. The van der Waals surface area contributed by atoms with Gasteiger partial charge in [0.25, 0.3) is 5.91 Å². The van der Waals surface area contributed by atoms with Gasteiger partial charge < -0.3 is 14.8 Å². The SMILES string of the molecule is Cc1cc(C)cc(C(C)NC(=O)c2ccc(C(=O)O)o2)c1. The summed E-state index contributed by atoms with van der Waals surface area (Å²) in [7, 11) is 0. The van der Waals surface area contributed by atoms with Crippen molar-refractivity contribution < 1.29 is 19.1 Å². The summed E-state index contributed by atoms with van der Waals surface area (Å²) in [6.07, 6.45) is 0. The van der Waals surface area contributed by atoms with E-state index in [1.807, 2.05) is 32.9 Å². The van der Waals surface area contributed by atoms with Crippen LogP contribution in [0.15, 0.2) is 34.7 Å². The number of carbonyl (C=O) groups excluding carboxylic acids is 1. The molecular formula is C16H17NO4. The Morgan fingerprint density at radius 3 is 2.19 bits per heavy atom. The van der Waals surface area contributed by atoms with E-state index in [2.05, 4.69) is 11.4 Å². The lowest BCUT2D eigenvalue weighted by molar-refractivity contribution is 0.0659. The first-order valence-corrected chi connectivity index (χ1v) is 6.59. The normalized spacial score (nSPS) is 12.0. The fraction of sp³-hybridized carbons (Fsp3) is 0.250. The van der Waals surface area contributed by atoms with E-state index in [4.69, 9.17) is 9.52 Å². The van der Waals surface area contributed by atoms with Crippen molar-refractivity contribution in [1.29, 1.82) is 0 Å². The van der Waals surface area contributed by atoms with Crippen LogP contribution in [0.3, 0.4) is 0 Å². The highest BCUT2D eigenvalue weighted by molar-refractivity contribution is 5.93. The molecule has 1 aromatic carbocycles. The smallest absolute Gasteiger partial charge is 0.371 e. The Labute approximate surface area is 122 Å². The highest BCUT2D eigenvalue weighted by Gasteiger charge is 2.17. The molecule has 2 N–H and O–H groups in total. The summed E-state index contributed by atoms with van der Waals surface area (Å²) in [6.45, 7) is 5.86. The summed E-state index contributed by atoms with van der Waals surface area (Å²) in [4.78, 5) is 22.8. The van der Waals surface area contributed by atoms with Gasteiger partial charge in [0.15, 0.2) is 5.76 Å². The molecule has 0 aliphatic rings. The minimum Gasteiger partial charge on any atom is -0.475 e. The number of hydrogen-bond acceptors (Lipinski definition) is 3. The third-order valence-electron chi connectivity index (χ3n) is 3.13. The molecule has 5 heteroatoms. The van der Waals surface area contributed by atoms with Crippen LogP contribution < -0.4 is 5.32 Å². The van der Waals surface area contributed by atoms with E-state index in [9.17, 15) is 9.59 Å². The van der Waals surface area contributed by atoms with Gasteiger partial charge in [-0.3, -0.25) is 4.79 Å². The molecule has 0 aliphatic carbocycles. The van der Waals surface area contributed by atoms with Crippen molar-refractivity contribution in [3.63, 3.8) is 0 Å². The summed E-state index contributed by atoms with van der Waals surface area (Å²) in [5.41, 5.74) is 3.24. The molecule has 0 saturated carbocycles. The molecule has 21 heavy (non-hydrogen) atoms. The molecule has 0 bridgehead atoms. The number of carboxylic acids is 1. The average molecular weight is 287 g/mol. The standard InChI is InChI=1S/C16H17NO4/c1-9-6-10(2)8-12(7-9)11(3)17-15(18)13-4-5-14(21-13)16(19)20/h4-8,11H,1-3H3,(H,17,18)(H,19,20). The van der Waals surface area contributed by atoms with Crippen LogP contribution in [0.4, 0.5) is 0 Å². The number of carboxylic acid groups (broad SMARTS) is 1. The summed E-state index contributed by atoms with van der Waals surface area (Å²) < 4.78 is 4.98. The predicted octanol–water partition coefficient (Wildman–Crippen LogP) is 3.09. The number of aromatic carboxylic acids is 1. The second-order valence-corrected chi connectivity index (χ2v) is 5.09. The summed E-state index contributed by atoms with van der Waals surface area (Å²) >= 11 is 0. The molecular weight excluding hydrogens is 270 g/mol. The van der Waals surface area contributed by atoms with Crippen LogP contribution >= 0.6 is 0 Å². The van der Waals surface area contributed by atoms with Crippen LogP contribution in [0.1, 0.15) is 50.8 Å². The van der Waals surface area contributed by atoms with Gasteiger partial charge in [0.1, 0.15) is 0 Å². The van der Waals surface area contributed by atoms with Crippen LogP contribution in [0.25, 0.3) is 0 Å². The molecule has 1 unspecified atom stereocenters. The molecule has 5 nitrogen and oxygen atoms in total. The molecule has 2 aromatic rings. The third kappa shape index (κ3) is 3.51. The van der Waals surface area contributed by atoms with E-state index in [0.29, 0.717) is 0 Å². The highest BCUT2D eigenvalue weighted by atomic mass is 16.4. The van der Waals surface area contributed by atoms with Crippen LogP contribution in [0.5, 0.6) is 0 Å². The van der Waals surface area contributed by atoms with Gasteiger partial charge in [-0.05, 0) is 38.5 Å². The maximum atomic E-state index is 12.0. The van der Waals surface area contributed by atoms with Crippen molar-refractivity contribution in [3.8, 4) is 0 Å². The van der Waals surface area contributed by atoms with Gasteiger partial charge in [0.05, 0.1) is 6.04 Å². The van der Waals surface area contributed by atoms with E-state index in [1.165, 1.54) is 12.1 Å². The van der Waals surface area contributed by atoms with Crippen LogP contribution in [-0.2, 0) is 0 Å². The molecule has 0 radical (unpaired) electrons. The molecule has 1 aromatic heterocycles. The van der Waals surface area contributed by atoms with Crippen LogP contribution in [-0.4, -0.2) is 17.0 Å². The zero-order chi connectivity index (χ0) is 15.6. The zero-order valence-electron chi connectivity index (χ0n) is 12.1. The molecule has 0 aliphatic heterocycles. The summed E-state index contributed by atoms with van der Waals surface area (Å²) in [6, 6.07) is 8.48. The molecule has 110 valence electrons. The van der Waals surface area contributed by atoms with Gasteiger partial charge in [-0.25, -0.2) is 4.79 Å². The van der Waals surface area contributed by atoms with Gasteiger partial charge in [-0.15, -0.1) is 0 Å². The largest absolute Gasteiger partial charge is 0.475 e. The summed E-state index contributed by atoms with van der Waals surface area (Å²) in [5.74, 6) is -1.90. The highest BCUT2D eigenvalue weighted by Crippen LogP contribution is 2.17. The molecule has 0 spiro atoms. The zero-order valence-corrected chi connectivity index (χ0v) is 12.1. The van der Waals surface area contributed by atoms with Crippen molar-refractivity contribution in [2.45, 2.75) is 26.8 Å². The average Bonchev–Trinajstić information content (AvgIpc) is 2.87. The first-order valence-electron chi connectivity index (χ1n) is 6.59. The minimum atomic E-state index is -1.20. The lowest BCUT2D eigenvalue weighted by Gasteiger charge is -2.15. The number of furan rings is 1. The number of amides is 1. The summed E-state index contributed by atoms with van der Waals surface area (Å²) in [5, 5.41) is 11.6. The van der Waals surface area contributed by atoms with Crippen molar-refractivity contribution in [1.82, 2.24) is 5.32 Å². The molecule has 0 fully saturated rings. The Morgan fingerprint density at radius 2 is 1.67 bits per heavy atom. The van der Waals surface area contributed by atoms with Crippen molar-refractivity contribution in [2.75, 3.05) is 0 Å². The topological polar surface area (TPSA) is 79.5 Å². The number of nitrogens with one attached hydrogen (secondary N) is 1. The number of benzene rings is 1. The maximum absolute atomic E-state index is 12.0. The lowest BCUT2D eigenvalue weighted by atomic mass is 10.0. The van der Waals surface area contributed by atoms with Crippen molar-refractivity contribution in [3.05, 3.63) is 58.5 Å². The third-order valence-corrected chi connectivity index (χ3v) is 3.13. The van der Waals surface area contributed by atoms with Crippen molar-refractivity contribution in [2.24, 2.45) is 0 Å². The number of carbonyl (C=O) groups is 2. The van der Waals surface area contributed by atoms with Crippen LogP contribution in [0, 0.1) is 13.8 Å². The van der Waals surface area contributed by atoms with Gasteiger partial charge >= 0.3 is 5.97 Å². The molecule has 2 rings (SSSR count). The Kier molecular flexibility index (Phi) is 4.12. The molecule has 1 amide bonds. The minimum absolute atomic E-state index is 0.0105. The van der Waals surface area contributed by atoms with E-state index in [0.717, 1.165) is 16.7 Å². The molecule has 0 saturated heterocycles. The van der Waals surface area contributed by atoms with Gasteiger partial charge in [-0.2, -0.15) is 0 Å². The number of aryl methyl sites for hydroxylation is 2. The monoisotopic (exact) mass is 287 g/mol. The maximum Gasteiger partial charge on any atom is 0.371 e. The first kappa shape index (κ1) is 14.8. The second kappa shape index (κ2) is 5.83. The van der Waals surface area contributed by atoms with Gasteiger partial charge in [0, 0.05) is 0 Å². The Bertz CT molecular complexity index is 667. The molecule has 1 heterocycles. The van der Waals surface area contributed by atoms with E-state index in [-0.39, 0.29) is 17.6 Å². The number of rotatable bonds is 4. The second-order valence-electron chi connectivity index (χ2n) is 5.09. The van der Waals surface area contributed by atoms with Gasteiger partial charge in [0.2, 0.25) is 5.76 Å². The Morgan fingerprint density at radius 1 is 1.10 bits per heavy atom. The quantitative estimate of drug-likeness (QED) is 0.905. The van der Waals surface area contributed by atoms with E-state index < -0.39 is 11.9 Å². The predicted molar refractivity (Wildman–Crippen MR) is 77.5 cm³/mol. The van der Waals surface area contributed by atoms with Crippen LogP contribution in [0.2, 0.25) is 0 Å². The van der Waals surface area contributed by atoms with E-state index >= 15 is 0 Å². The van der Waals surface area contributed by atoms with Gasteiger partial charge in [-0.1, -0.05) is 29.3 Å². The fourth-order valence-electron chi connectivity index (χ4n) is 2.19. The van der Waals surface area contributed by atoms with E-state index in [1.54, 1.807) is 0 Å². The first-order chi connectivity index (χ1) is 9.86. The van der Waals surface area contributed by atoms with Crippen molar-refractivity contribution >= 4 is 11.9 Å².